The standard InChI is InChI=1S/C18H15ClN2O3/c1-2-24-16(22)11-21-15-6-4-3-5-14(15)20-17(18(21)23)12-7-9-13(19)10-8-12/h3-10H,2,11H2,1H3. The van der Waals surface area contributed by atoms with Crippen LogP contribution in [-0.2, 0) is 16.1 Å². The first-order valence-corrected chi connectivity index (χ1v) is 7.89. The quantitative estimate of drug-likeness (QED) is 0.683. The van der Waals surface area contributed by atoms with E-state index in [1.807, 2.05) is 6.07 Å². The Morgan fingerprint density at radius 1 is 1.17 bits per heavy atom. The van der Waals surface area contributed by atoms with Crippen LogP contribution in [0.25, 0.3) is 22.3 Å². The van der Waals surface area contributed by atoms with E-state index in [0.29, 0.717) is 21.6 Å². The molecule has 0 unspecified atom stereocenters. The number of esters is 1. The Morgan fingerprint density at radius 2 is 1.88 bits per heavy atom. The van der Waals surface area contributed by atoms with Gasteiger partial charge in [0.1, 0.15) is 12.2 Å². The van der Waals surface area contributed by atoms with Gasteiger partial charge in [-0.15, -0.1) is 0 Å². The molecule has 0 saturated carbocycles. The van der Waals surface area contributed by atoms with Crippen molar-refractivity contribution in [3.05, 3.63) is 63.9 Å². The zero-order valence-corrected chi connectivity index (χ0v) is 13.8. The van der Waals surface area contributed by atoms with E-state index in [1.54, 1.807) is 49.4 Å². The lowest BCUT2D eigenvalue weighted by molar-refractivity contribution is -0.143. The van der Waals surface area contributed by atoms with E-state index >= 15 is 0 Å². The molecule has 1 aromatic heterocycles. The van der Waals surface area contributed by atoms with Crippen LogP contribution in [0.15, 0.2) is 53.3 Å². The summed E-state index contributed by atoms with van der Waals surface area (Å²) in [6.07, 6.45) is 0. The van der Waals surface area contributed by atoms with Gasteiger partial charge in [-0.3, -0.25) is 14.2 Å². The average Bonchev–Trinajstić information content (AvgIpc) is 2.58. The van der Waals surface area contributed by atoms with Crippen LogP contribution in [0, 0.1) is 0 Å². The van der Waals surface area contributed by atoms with Crippen molar-refractivity contribution in [3.8, 4) is 11.3 Å². The lowest BCUT2D eigenvalue weighted by Crippen LogP contribution is -2.28. The molecule has 122 valence electrons. The fraction of sp³-hybridized carbons (Fsp3) is 0.167. The number of ether oxygens (including phenoxy) is 1. The number of hydrogen-bond donors (Lipinski definition) is 0. The smallest absolute Gasteiger partial charge is 0.326 e. The molecule has 6 heteroatoms. The summed E-state index contributed by atoms with van der Waals surface area (Å²) in [7, 11) is 0. The minimum absolute atomic E-state index is 0.156. The molecule has 0 amide bonds. The zero-order valence-electron chi connectivity index (χ0n) is 13.0. The van der Waals surface area contributed by atoms with E-state index < -0.39 is 5.97 Å². The summed E-state index contributed by atoms with van der Waals surface area (Å²) in [6, 6.07) is 14.1. The lowest BCUT2D eigenvalue weighted by Gasteiger charge is -2.12. The summed E-state index contributed by atoms with van der Waals surface area (Å²) in [6.45, 7) is 1.83. The van der Waals surface area contributed by atoms with Crippen molar-refractivity contribution in [1.29, 1.82) is 0 Å². The second kappa shape index (κ2) is 6.84. The van der Waals surface area contributed by atoms with E-state index in [9.17, 15) is 9.59 Å². The number of hydrogen-bond acceptors (Lipinski definition) is 4. The van der Waals surface area contributed by atoms with Crippen molar-refractivity contribution in [2.24, 2.45) is 0 Å². The summed E-state index contributed by atoms with van der Waals surface area (Å²) < 4.78 is 6.37. The van der Waals surface area contributed by atoms with Crippen molar-refractivity contribution in [2.75, 3.05) is 6.61 Å². The van der Waals surface area contributed by atoms with E-state index in [0.717, 1.165) is 0 Å². The van der Waals surface area contributed by atoms with Crippen LogP contribution in [0.1, 0.15) is 6.92 Å². The summed E-state index contributed by atoms with van der Waals surface area (Å²) >= 11 is 5.90. The molecular formula is C18H15ClN2O3. The molecule has 0 spiro atoms. The molecule has 0 bridgehead atoms. The van der Waals surface area contributed by atoms with Gasteiger partial charge < -0.3 is 4.74 Å². The fourth-order valence-electron chi connectivity index (χ4n) is 2.48. The maximum Gasteiger partial charge on any atom is 0.326 e. The molecule has 0 fully saturated rings. The van der Waals surface area contributed by atoms with Gasteiger partial charge in [0.25, 0.3) is 5.56 Å². The lowest BCUT2D eigenvalue weighted by atomic mass is 10.1. The number of para-hydroxylation sites is 2. The van der Waals surface area contributed by atoms with E-state index in [2.05, 4.69) is 4.98 Å². The van der Waals surface area contributed by atoms with Crippen molar-refractivity contribution in [1.82, 2.24) is 9.55 Å². The Morgan fingerprint density at radius 3 is 2.58 bits per heavy atom. The van der Waals surface area contributed by atoms with E-state index in [1.165, 1.54) is 4.57 Å². The van der Waals surface area contributed by atoms with Crippen LogP contribution >= 0.6 is 11.6 Å². The fourth-order valence-corrected chi connectivity index (χ4v) is 2.61. The first-order valence-electron chi connectivity index (χ1n) is 7.51. The molecule has 2 aromatic carbocycles. The van der Waals surface area contributed by atoms with Crippen LogP contribution in [0.2, 0.25) is 5.02 Å². The molecule has 0 radical (unpaired) electrons. The monoisotopic (exact) mass is 342 g/mol. The molecule has 0 aliphatic heterocycles. The van der Waals surface area contributed by atoms with Gasteiger partial charge in [-0.05, 0) is 31.2 Å². The number of fused-ring (bicyclic) bond motifs is 1. The molecule has 1 heterocycles. The van der Waals surface area contributed by atoms with Crippen molar-refractivity contribution in [3.63, 3.8) is 0 Å². The molecular weight excluding hydrogens is 328 g/mol. The molecule has 0 aliphatic rings. The maximum atomic E-state index is 12.9. The summed E-state index contributed by atoms with van der Waals surface area (Å²) in [5, 5.41) is 0.575. The van der Waals surface area contributed by atoms with Gasteiger partial charge in [0.05, 0.1) is 17.6 Å². The predicted octanol–water partition coefficient (Wildman–Crippen LogP) is 3.28. The Kier molecular flexibility index (Phi) is 4.62. The first-order chi connectivity index (χ1) is 11.6. The minimum atomic E-state index is -0.460. The summed E-state index contributed by atoms with van der Waals surface area (Å²) in [5.74, 6) is -0.460. The van der Waals surface area contributed by atoms with Gasteiger partial charge in [-0.2, -0.15) is 0 Å². The summed E-state index contributed by atoms with van der Waals surface area (Å²) in [5.41, 5.74) is 1.80. The average molecular weight is 343 g/mol. The third-order valence-corrected chi connectivity index (χ3v) is 3.81. The second-order valence-electron chi connectivity index (χ2n) is 5.15. The molecule has 24 heavy (non-hydrogen) atoms. The summed E-state index contributed by atoms with van der Waals surface area (Å²) in [4.78, 5) is 29.2. The third-order valence-electron chi connectivity index (χ3n) is 3.56. The molecule has 3 aromatic rings. The highest BCUT2D eigenvalue weighted by atomic mass is 35.5. The molecule has 0 atom stereocenters. The van der Waals surface area contributed by atoms with Crippen molar-refractivity contribution >= 4 is 28.6 Å². The highest BCUT2D eigenvalue weighted by molar-refractivity contribution is 6.30. The van der Waals surface area contributed by atoms with Gasteiger partial charge in [-0.1, -0.05) is 35.9 Å². The third kappa shape index (κ3) is 3.16. The Hall–Kier alpha value is -2.66. The van der Waals surface area contributed by atoms with Gasteiger partial charge in [0.2, 0.25) is 0 Å². The van der Waals surface area contributed by atoms with Crippen molar-refractivity contribution < 1.29 is 9.53 Å². The molecule has 0 saturated heterocycles. The molecule has 0 aliphatic carbocycles. The highest BCUT2D eigenvalue weighted by Crippen LogP contribution is 2.19. The van der Waals surface area contributed by atoms with Crippen LogP contribution < -0.4 is 5.56 Å². The first kappa shape index (κ1) is 16.2. The minimum Gasteiger partial charge on any atom is -0.465 e. The number of carbonyl (C=O) groups excluding carboxylic acids is 1. The van der Waals surface area contributed by atoms with Gasteiger partial charge in [0, 0.05) is 10.6 Å². The Bertz CT molecular complexity index is 949. The predicted molar refractivity (Wildman–Crippen MR) is 93.1 cm³/mol. The van der Waals surface area contributed by atoms with Crippen molar-refractivity contribution in [2.45, 2.75) is 13.5 Å². The molecule has 5 nitrogen and oxygen atoms in total. The zero-order chi connectivity index (χ0) is 17.1. The number of benzene rings is 2. The van der Waals surface area contributed by atoms with Crippen LogP contribution in [0.4, 0.5) is 0 Å². The van der Waals surface area contributed by atoms with Gasteiger partial charge in [0.15, 0.2) is 0 Å². The van der Waals surface area contributed by atoms with Crippen LogP contribution in [-0.4, -0.2) is 22.1 Å². The molecule has 3 rings (SSSR count). The van der Waals surface area contributed by atoms with Crippen LogP contribution in [0.5, 0.6) is 0 Å². The maximum absolute atomic E-state index is 12.9. The molecule has 0 N–H and O–H groups in total. The number of aromatic nitrogens is 2. The highest BCUT2D eigenvalue weighted by Gasteiger charge is 2.15. The van der Waals surface area contributed by atoms with Gasteiger partial charge >= 0.3 is 5.97 Å². The largest absolute Gasteiger partial charge is 0.465 e. The second-order valence-corrected chi connectivity index (χ2v) is 5.59. The Balaban J connectivity index is 2.21. The van der Waals surface area contributed by atoms with E-state index in [4.69, 9.17) is 16.3 Å². The SMILES string of the molecule is CCOC(=O)Cn1c(=O)c(-c2ccc(Cl)cc2)nc2ccccc21. The van der Waals surface area contributed by atoms with Gasteiger partial charge in [-0.25, -0.2) is 4.98 Å². The topological polar surface area (TPSA) is 61.2 Å². The number of halogens is 1. The van der Waals surface area contributed by atoms with Crippen LogP contribution in [0.3, 0.4) is 0 Å². The Labute approximate surface area is 143 Å². The van der Waals surface area contributed by atoms with E-state index in [-0.39, 0.29) is 24.4 Å². The number of rotatable bonds is 4. The normalized spacial score (nSPS) is 10.8. The number of nitrogens with zero attached hydrogens (tertiary/aromatic N) is 2. The number of carbonyl (C=O) groups is 1.